The van der Waals surface area contributed by atoms with E-state index in [1.807, 2.05) is 0 Å². The van der Waals surface area contributed by atoms with Crippen molar-refractivity contribution in [2.75, 3.05) is 18.9 Å². The van der Waals surface area contributed by atoms with E-state index in [4.69, 9.17) is 20.3 Å². The maximum atomic E-state index is 10.8. The van der Waals surface area contributed by atoms with Gasteiger partial charge in [0.25, 0.3) is 0 Å². The predicted molar refractivity (Wildman–Crippen MR) is 53.4 cm³/mol. The third kappa shape index (κ3) is 1.81. The third-order valence-electron chi connectivity index (χ3n) is 2.15. The molecule has 0 saturated heterocycles. The zero-order valence-corrected chi connectivity index (χ0v) is 8.03. The van der Waals surface area contributed by atoms with Crippen LogP contribution in [0.5, 0.6) is 11.5 Å². The smallest absolute Gasteiger partial charge is 0.337 e. The lowest BCUT2D eigenvalue weighted by Gasteiger charge is -2.09. The van der Waals surface area contributed by atoms with Crippen LogP contribution in [-0.4, -0.2) is 24.3 Å². The summed E-state index contributed by atoms with van der Waals surface area (Å²) in [5.74, 6) is -0.114. The molecule has 5 nitrogen and oxygen atoms in total. The number of carbonyl (C=O) groups is 1. The molecule has 0 unspecified atom stereocenters. The minimum atomic E-state index is -1.07. The quantitative estimate of drug-likeness (QED) is 0.677. The van der Waals surface area contributed by atoms with Gasteiger partial charge in [-0.1, -0.05) is 0 Å². The van der Waals surface area contributed by atoms with Gasteiger partial charge in [-0.3, -0.25) is 0 Å². The van der Waals surface area contributed by atoms with Gasteiger partial charge in [-0.2, -0.15) is 0 Å². The second-order valence-corrected chi connectivity index (χ2v) is 3.24. The van der Waals surface area contributed by atoms with E-state index in [0.717, 1.165) is 6.42 Å². The third-order valence-corrected chi connectivity index (χ3v) is 2.15. The van der Waals surface area contributed by atoms with Crippen molar-refractivity contribution < 1.29 is 19.4 Å². The zero-order valence-electron chi connectivity index (χ0n) is 8.03. The van der Waals surface area contributed by atoms with Gasteiger partial charge in [-0.15, -0.1) is 0 Å². The van der Waals surface area contributed by atoms with Crippen molar-refractivity contribution in [3.8, 4) is 11.5 Å². The number of fused-ring (bicyclic) bond motifs is 1. The lowest BCUT2D eigenvalue weighted by molar-refractivity contribution is 0.0697. The Hall–Kier alpha value is -1.91. The molecule has 1 aliphatic heterocycles. The highest BCUT2D eigenvalue weighted by Gasteiger charge is 2.16. The second-order valence-electron chi connectivity index (χ2n) is 3.24. The molecule has 0 aromatic heterocycles. The molecular weight excluding hydrogens is 198 g/mol. The Morgan fingerprint density at radius 3 is 2.47 bits per heavy atom. The first-order chi connectivity index (χ1) is 7.18. The molecule has 1 aromatic rings. The lowest BCUT2D eigenvalue weighted by atomic mass is 10.1. The van der Waals surface area contributed by atoms with Crippen LogP contribution in [0.15, 0.2) is 12.1 Å². The molecule has 0 fully saturated rings. The number of hydrogen-bond acceptors (Lipinski definition) is 4. The summed E-state index contributed by atoms with van der Waals surface area (Å²) < 4.78 is 10.7. The molecule has 0 spiro atoms. The van der Waals surface area contributed by atoms with Crippen LogP contribution in [0.2, 0.25) is 0 Å². The second kappa shape index (κ2) is 3.68. The zero-order chi connectivity index (χ0) is 10.8. The van der Waals surface area contributed by atoms with Crippen LogP contribution in [0.4, 0.5) is 5.69 Å². The molecule has 0 radical (unpaired) electrons. The highest BCUT2D eigenvalue weighted by Crippen LogP contribution is 2.33. The van der Waals surface area contributed by atoms with Crippen LogP contribution < -0.4 is 15.2 Å². The summed E-state index contributed by atoms with van der Waals surface area (Å²) in [6, 6.07) is 2.89. The van der Waals surface area contributed by atoms with Gasteiger partial charge in [0.05, 0.1) is 24.5 Å². The van der Waals surface area contributed by atoms with Gasteiger partial charge in [-0.05, 0) is 0 Å². The first kappa shape index (κ1) is 9.64. The van der Waals surface area contributed by atoms with Crippen molar-refractivity contribution in [3.63, 3.8) is 0 Å². The van der Waals surface area contributed by atoms with Crippen LogP contribution in [0.3, 0.4) is 0 Å². The fraction of sp³-hybridized carbons (Fsp3) is 0.300. The van der Waals surface area contributed by atoms with Gasteiger partial charge in [-0.25, -0.2) is 4.79 Å². The molecule has 80 valence electrons. The number of anilines is 1. The Kier molecular flexibility index (Phi) is 2.37. The van der Waals surface area contributed by atoms with Gasteiger partial charge in [0.1, 0.15) is 0 Å². The van der Waals surface area contributed by atoms with E-state index < -0.39 is 5.97 Å². The van der Waals surface area contributed by atoms with Crippen molar-refractivity contribution in [1.82, 2.24) is 0 Å². The molecule has 15 heavy (non-hydrogen) atoms. The number of rotatable bonds is 1. The largest absolute Gasteiger partial charge is 0.490 e. The van der Waals surface area contributed by atoms with Crippen molar-refractivity contribution in [2.24, 2.45) is 0 Å². The number of ether oxygens (including phenoxy) is 2. The summed E-state index contributed by atoms with van der Waals surface area (Å²) in [7, 11) is 0. The topological polar surface area (TPSA) is 81.8 Å². The highest BCUT2D eigenvalue weighted by atomic mass is 16.5. The molecule has 0 atom stereocenters. The van der Waals surface area contributed by atoms with Crippen molar-refractivity contribution in [1.29, 1.82) is 0 Å². The Balaban J connectivity index is 2.47. The summed E-state index contributed by atoms with van der Waals surface area (Å²) >= 11 is 0. The van der Waals surface area contributed by atoms with E-state index in [1.165, 1.54) is 12.1 Å². The van der Waals surface area contributed by atoms with E-state index >= 15 is 0 Å². The Bertz CT molecular complexity index is 403. The molecule has 1 aromatic carbocycles. The van der Waals surface area contributed by atoms with Crippen LogP contribution in [0, 0.1) is 0 Å². The fourth-order valence-corrected chi connectivity index (χ4v) is 1.41. The number of benzene rings is 1. The summed E-state index contributed by atoms with van der Waals surface area (Å²) in [5.41, 5.74) is 5.81. The molecule has 0 aliphatic carbocycles. The number of hydrogen-bond donors (Lipinski definition) is 2. The van der Waals surface area contributed by atoms with E-state index in [9.17, 15) is 4.79 Å². The lowest BCUT2D eigenvalue weighted by Crippen LogP contribution is -2.04. The van der Waals surface area contributed by atoms with Crippen LogP contribution in [0.1, 0.15) is 16.8 Å². The number of nitrogens with two attached hydrogens (primary N) is 1. The molecule has 2 rings (SSSR count). The average Bonchev–Trinajstić information content (AvgIpc) is 2.40. The molecule has 0 bridgehead atoms. The fourth-order valence-electron chi connectivity index (χ4n) is 1.41. The van der Waals surface area contributed by atoms with Crippen LogP contribution in [0.25, 0.3) is 0 Å². The minimum absolute atomic E-state index is 0.0410. The molecule has 3 N–H and O–H groups in total. The van der Waals surface area contributed by atoms with E-state index in [1.54, 1.807) is 0 Å². The van der Waals surface area contributed by atoms with Crippen molar-refractivity contribution in [2.45, 2.75) is 6.42 Å². The van der Waals surface area contributed by atoms with E-state index in [2.05, 4.69) is 0 Å². The SMILES string of the molecule is Nc1cc2c(cc1C(=O)O)OCCCO2. The van der Waals surface area contributed by atoms with Crippen LogP contribution in [-0.2, 0) is 0 Å². The first-order valence-electron chi connectivity index (χ1n) is 4.61. The van der Waals surface area contributed by atoms with Gasteiger partial charge in [0, 0.05) is 18.6 Å². The number of nitrogen functional groups attached to an aromatic ring is 1. The average molecular weight is 209 g/mol. The van der Waals surface area contributed by atoms with Gasteiger partial charge in [0.2, 0.25) is 0 Å². The Morgan fingerprint density at radius 1 is 1.27 bits per heavy atom. The minimum Gasteiger partial charge on any atom is -0.490 e. The number of carboxylic acids is 1. The van der Waals surface area contributed by atoms with Gasteiger partial charge < -0.3 is 20.3 Å². The molecule has 0 amide bonds. The maximum absolute atomic E-state index is 10.8. The summed E-state index contributed by atoms with van der Waals surface area (Å²) in [5, 5.41) is 8.86. The summed E-state index contributed by atoms with van der Waals surface area (Å²) in [6.07, 6.45) is 0.775. The maximum Gasteiger partial charge on any atom is 0.337 e. The van der Waals surface area contributed by atoms with Gasteiger partial charge in [0.15, 0.2) is 11.5 Å². The first-order valence-corrected chi connectivity index (χ1v) is 4.61. The number of carboxylic acid groups (broad SMARTS) is 1. The monoisotopic (exact) mass is 209 g/mol. The predicted octanol–water partition coefficient (Wildman–Crippen LogP) is 1.13. The molecule has 0 saturated carbocycles. The normalized spacial score (nSPS) is 14.4. The standard InChI is InChI=1S/C10H11NO4/c11-7-5-9-8(4-6(7)10(12)13)14-2-1-3-15-9/h4-5H,1-3,11H2,(H,12,13). The van der Waals surface area contributed by atoms with Crippen LogP contribution >= 0.6 is 0 Å². The van der Waals surface area contributed by atoms with Gasteiger partial charge >= 0.3 is 5.97 Å². The number of aromatic carboxylic acids is 1. The van der Waals surface area contributed by atoms with Crippen molar-refractivity contribution >= 4 is 11.7 Å². The summed E-state index contributed by atoms with van der Waals surface area (Å²) in [6.45, 7) is 1.08. The Labute approximate surface area is 86.4 Å². The molecule has 1 heterocycles. The molecular formula is C10H11NO4. The highest BCUT2D eigenvalue weighted by molar-refractivity contribution is 5.94. The Morgan fingerprint density at radius 2 is 1.87 bits per heavy atom. The van der Waals surface area contributed by atoms with Crippen molar-refractivity contribution in [3.05, 3.63) is 17.7 Å². The molecule has 1 aliphatic rings. The van der Waals surface area contributed by atoms with E-state index in [0.29, 0.717) is 24.7 Å². The van der Waals surface area contributed by atoms with E-state index in [-0.39, 0.29) is 11.3 Å². The molecule has 5 heteroatoms. The summed E-state index contributed by atoms with van der Waals surface area (Å²) in [4.78, 5) is 10.8.